The molecule has 0 heterocycles. The number of nitrogens with one attached hydrogen (secondary N) is 2. The predicted octanol–water partition coefficient (Wildman–Crippen LogP) is 5.36. The number of alkyl carbamates (subject to hydrolysis) is 1. The van der Waals surface area contributed by atoms with Crippen molar-refractivity contribution in [3.63, 3.8) is 0 Å². The Bertz CT molecular complexity index is 1510. The molecule has 1 unspecified atom stereocenters. The van der Waals surface area contributed by atoms with Gasteiger partial charge < -0.3 is 20.5 Å². The summed E-state index contributed by atoms with van der Waals surface area (Å²) in [4.78, 5) is 39.7. The maximum Gasteiger partial charge on any atom is 0.407 e. The summed E-state index contributed by atoms with van der Waals surface area (Å²) in [6, 6.07) is 30.9. The van der Waals surface area contributed by atoms with E-state index in [0.29, 0.717) is 12.2 Å². The van der Waals surface area contributed by atoms with E-state index in [2.05, 4.69) is 22.8 Å². The molecule has 0 fully saturated rings. The molecule has 1 atom stereocenters. The van der Waals surface area contributed by atoms with Gasteiger partial charge in [-0.25, -0.2) is 9.59 Å². The van der Waals surface area contributed by atoms with Crippen molar-refractivity contribution in [3.8, 4) is 11.1 Å². The van der Waals surface area contributed by atoms with Gasteiger partial charge in [-0.1, -0.05) is 84.9 Å². The monoisotopic (exact) mass is 549 g/mol. The Kier molecular flexibility index (Phi) is 8.41. The highest BCUT2D eigenvalue weighted by atomic mass is 16.5. The predicted molar refractivity (Wildman–Crippen MR) is 157 cm³/mol. The van der Waals surface area contributed by atoms with Crippen LogP contribution < -0.4 is 10.6 Å². The summed E-state index contributed by atoms with van der Waals surface area (Å²) >= 11 is 0. The first-order valence-corrected chi connectivity index (χ1v) is 13.4. The fourth-order valence-corrected chi connectivity index (χ4v) is 5.21. The van der Waals surface area contributed by atoms with E-state index in [9.17, 15) is 19.5 Å². The SMILES string of the molecule is CN(Cc1ccccc1)CC(NC(=O)OCC1c2ccccc2-c2ccccc21)C(=O)Nc1cccc(C(=O)O)c1. The molecular weight excluding hydrogens is 518 g/mol. The van der Waals surface area contributed by atoms with Crippen LogP contribution in [0.5, 0.6) is 0 Å². The minimum atomic E-state index is -1.10. The average Bonchev–Trinajstić information content (AvgIpc) is 3.30. The highest BCUT2D eigenvalue weighted by molar-refractivity contribution is 5.98. The number of carboxylic acid groups (broad SMARTS) is 1. The lowest BCUT2D eigenvalue weighted by Gasteiger charge is -2.25. The highest BCUT2D eigenvalue weighted by Crippen LogP contribution is 2.44. The molecule has 0 saturated heterocycles. The van der Waals surface area contributed by atoms with Crippen LogP contribution in [0.25, 0.3) is 11.1 Å². The van der Waals surface area contributed by atoms with Gasteiger partial charge in [0.05, 0.1) is 5.56 Å². The number of anilines is 1. The fraction of sp³-hybridized carbons (Fsp3) is 0.182. The van der Waals surface area contributed by atoms with Crippen LogP contribution in [0.1, 0.15) is 33.0 Å². The standard InChI is InChI=1S/C33H31N3O5/c1-36(19-22-10-3-2-4-11-22)20-30(31(37)34-24-13-9-12-23(18-24)32(38)39)35-33(40)41-21-29-27-16-7-5-14-25(27)26-15-6-8-17-28(26)29/h2-18,29-30H,19-21H2,1H3,(H,34,37)(H,35,40)(H,38,39). The number of benzene rings is 4. The van der Waals surface area contributed by atoms with Gasteiger partial charge in [-0.05, 0) is 53.1 Å². The molecule has 1 aliphatic carbocycles. The van der Waals surface area contributed by atoms with E-state index in [0.717, 1.165) is 27.8 Å². The normalized spacial score (nSPS) is 12.7. The van der Waals surface area contributed by atoms with Crippen LogP contribution in [0.15, 0.2) is 103 Å². The number of carbonyl (C=O) groups is 3. The number of aromatic carboxylic acids is 1. The van der Waals surface area contributed by atoms with Gasteiger partial charge in [-0.15, -0.1) is 0 Å². The molecular formula is C33H31N3O5. The molecule has 0 saturated carbocycles. The van der Waals surface area contributed by atoms with Crippen molar-refractivity contribution in [2.45, 2.75) is 18.5 Å². The first kappa shape index (κ1) is 27.6. The number of rotatable bonds is 10. The van der Waals surface area contributed by atoms with Crippen molar-refractivity contribution < 1.29 is 24.2 Å². The summed E-state index contributed by atoms with van der Waals surface area (Å²) in [7, 11) is 1.86. The van der Waals surface area contributed by atoms with Gasteiger partial charge in [-0.2, -0.15) is 0 Å². The van der Waals surface area contributed by atoms with E-state index in [1.54, 1.807) is 12.1 Å². The zero-order chi connectivity index (χ0) is 28.8. The van der Waals surface area contributed by atoms with Crippen molar-refractivity contribution in [1.29, 1.82) is 0 Å². The van der Waals surface area contributed by atoms with Crippen LogP contribution in [0.3, 0.4) is 0 Å². The number of nitrogens with zero attached hydrogens (tertiary/aromatic N) is 1. The number of carboxylic acids is 1. The molecule has 0 aromatic heterocycles. The van der Waals surface area contributed by atoms with Crippen LogP contribution in [-0.4, -0.2) is 54.2 Å². The number of ether oxygens (including phenoxy) is 1. The molecule has 8 nitrogen and oxygen atoms in total. The number of hydrogen-bond donors (Lipinski definition) is 3. The average molecular weight is 550 g/mol. The maximum atomic E-state index is 13.3. The Labute approximate surface area is 238 Å². The number of carbonyl (C=O) groups excluding carboxylic acids is 2. The van der Waals surface area contributed by atoms with Crippen LogP contribution >= 0.6 is 0 Å². The third kappa shape index (κ3) is 6.62. The molecule has 4 aromatic rings. The lowest BCUT2D eigenvalue weighted by molar-refractivity contribution is -0.118. The molecule has 8 heteroatoms. The molecule has 0 radical (unpaired) electrons. The maximum absolute atomic E-state index is 13.3. The smallest absolute Gasteiger partial charge is 0.407 e. The van der Waals surface area contributed by atoms with Gasteiger partial charge in [-0.3, -0.25) is 9.69 Å². The van der Waals surface area contributed by atoms with Crippen LogP contribution in [-0.2, 0) is 16.1 Å². The second kappa shape index (κ2) is 12.5. The molecule has 5 rings (SSSR count). The molecule has 4 aromatic carbocycles. The van der Waals surface area contributed by atoms with Gasteiger partial charge >= 0.3 is 12.1 Å². The van der Waals surface area contributed by atoms with E-state index < -0.39 is 24.0 Å². The van der Waals surface area contributed by atoms with Crippen LogP contribution in [0, 0.1) is 0 Å². The van der Waals surface area contributed by atoms with E-state index in [4.69, 9.17) is 4.74 Å². The van der Waals surface area contributed by atoms with E-state index in [1.165, 1.54) is 12.1 Å². The van der Waals surface area contributed by atoms with E-state index in [-0.39, 0.29) is 24.6 Å². The third-order valence-electron chi connectivity index (χ3n) is 7.12. The Morgan fingerprint density at radius 2 is 1.49 bits per heavy atom. The number of amides is 2. The summed E-state index contributed by atoms with van der Waals surface area (Å²) < 4.78 is 5.69. The van der Waals surface area contributed by atoms with Gasteiger partial charge in [0.15, 0.2) is 0 Å². The Balaban J connectivity index is 1.29. The lowest BCUT2D eigenvalue weighted by Crippen LogP contribution is -2.50. The summed E-state index contributed by atoms with van der Waals surface area (Å²) in [5.41, 5.74) is 5.86. The molecule has 1 aliphatic rings. The Morgan fingerprint density at radius 3 is 2.15 bits per heavy atom. The van der Waals surface area contributed by atoms with Crippen LogP contribution in [0.2, 0.25) is 0 Å². The van der Waals surface area contributed by atoms with E-state index >= 15 is 0 Å². The summed E-state index contributed by atoms with van der Waals surface area (Å²) in [6.45, 7) is 0.879. The van der Waals surface area contributed by atoms with Gasteiger partial charge in [0, 0.05) is 24.7 Å². The second-order valence-electron chi connectivity index (χ2n) is 10.1. The van der Waals surface area contributed by atoms with Crippen molar-refractivity contribution in [1.82, 2.24) is 10.2 Å². The molecule has 41 heavy (non-hydrogen) atoms. The third-order valence-corrected chi connectivity index (χ3v) is 7.12. The lowest BCUT2D eigenvalue weighted by atomic mass is 9.98. The topological polar surface area (TPSA) is 108 Å². The van der Waals surface area contributed by atoms with E-state index in [1.807, 2.05) is 78.7 Å². The second-order valence-corrected chi connectivity index (χ2v) is 10.1. The molecule has 208 valence electrons. The highest BCUT2D eigenvalue weighted by Gasteiger charge is 2.30. The molecule has 0 bridgehead atoms. The first-order chi connectivity index (χ1) is 19.9. The number of fused-ring (bicyclic) bond motifs is 3. The molecule has 0 aliphatic heterocycles. The summed E-state index contributed by atoms with van der Waals surface area (Å²) in [5, 5.41) is 14.8. The minimum Gasteiger partial charge on any atom is -0.478 e. The quantitative estimate of drug-likeness (QED) is 0.246. The van der Waals surface area contributed by atoms with Crippen molar-refractivity contribution in [2.24, 2.45) is 0 Å². The Hall–Kier alpha value is -4.95. The zero-order valence-electron chi connectivity index (χ0n) is 22.6. The summed E-state index contributed by atoms with van der Waals surface area (Å²) in [5.74, 6) is -1.70. The van der Waals surface area contributed by atoms with Crippen molar-refractivity contribution in [3.05, 3.63) is 125 Å². The largest absolute Gasteiger partial charge is 0.478 e. The van der Waals surface area contributed by atoms with Gasteiger partial charge in [0.2, 0.25) is 5.91 Å². The number of hydrogen-bond acceptors (Lipinski definition) is 5. The van der Waals surface area contributed by atoms with Crippen LogP contribution in [0.4, 0.5) is 10.5 Å². The molecule has 0 spiro atoms. The zero-order valence-corrected chi connectivity index (χ0v) is 22.6. The first-order valence-electron chi connectivity index (χ1n) is 13.4. The molecule has 2 amide bonds. The summed E-state index contributed by atoms with van der Waals surface area (Å²) in [6.07, 6.45) is -0.709. The van der Waals surface area contributed by atoms with Crippen molar-refractivity contribution >= 4 is 23.7 Å². The van der Waals surface area contributed by atoms with Gasteiger partial charge in [0.1, 0.15) is 12.6 Å². The molecule has 3 N–H and O–H groups in total. The fourth-order valence-electron chi connectivity index (χ4n) is 5.21. The number of likely N-dealkylation sites (N-methyl/N-ethyl adjacent to an activating group) is 1. The Morgan fingerprint density at radius 1 is 0.854 bits per heavy atom. The van der Waals surface area contributed by atoms with Crippen molar-refractivity contribution in [2.75, 3.05) is 25.5 Å². The minimum absolute atomic E-state index is 0.0463. The van der Waals surface area contributed by atoms with Gasteiger partial charge in [0.25, 0.3) is 0 Å².